The molecular weight excluding hydrogens is 168 g/mol. The van der Waals surface area contributed by atoms with E-state index in [0.29, 0.717) is 12.1 Å². The molecule has 0 aliphatic carbocycles. The summed E-state index contributed by atoms with van der Waals surface area (Å²) < 4.78 is 5.68. The number of nitrogens with one attached hydrogen (secondary N) is 1. The number of amides is 2. The number of nitrogens with zero attached hydrogens (tertiary/aromatic N) is 1. The minimum absolute atomic E-state index is 0.0128. The lowest BCUT2D eigenvalue weighted by molar-refractivity contribution is 0.0831. The first-order valence-corrected chi connectivity index (χ1v) is 4.82. The van der Waals surface area contributed by atoms with Gasteiger partial charge in [0.05, 0.1) is 18.2 Å². The number of carbonyl (C=O) groups is 1. The molecule has 0 radical (unpaired) electrons. The van der Waals surface area contributed by atoms with Crippen molar-refractivity contribution in [2.24, 2.45) is 0 Å². The van der Waals surface area contributed by atoms with Crippen LogP contribution in [0.5, 0.6) is 0 Å². The Kier molecular flexibility index (Phi) is 2.15. The van der Waals surface area contributed by atoms with Gasteiger partial charge in [0.1, 0.15) is 0 Å². The number of hydrogen-bond donors (Lipinski definition) is 1. The minimum atomic E-state index is -0.0128. The highest BCUT2D eigenvalue weighted by atomic mass is 16.5. The van der Waals surface area contributed by atoms with Crippen LogP contribution in [0.1, 0.15) is 19.3 Å². The molecule has 0 spiro atoms. The van der Waals surface area contributed by atoms with E-state index in [1.807, 2.05) is 7.05 Å². The lowest BCUT2D eigenvalue weighted by atomic mass is 9.95. The van der Waals surface area contributed by atoms with E-state index in [9.17, 15) is 4.79 Å². The SMILES string of the molecule is CNC(=O)N(C)C1CC2CCC1O2. The Morgan fingerprint density at radius 3 is 2.77 bits per heavy atom. The summed E-state index contributed by atoms with van der Waals surface area (Å²) in [6, 6.07) is 0.278. The van der Waals surface area contributed by atoms with Crippen LogP contribution in [0.4, 0.5) is 4.79 Å². The summed E-state index contributed by atoms with van der Waals surface area (Å²) in [6.45, 7) is 0. The van der Waals surface area contributed by atoms with Gasteiger partial charge in [0, 0.05) is 14.1 Å². The fourth-order valence-corrected chi connectivity index (χ4v) is 2.35. The predicted molar refractivity (Wildman–Crippen MR) is 48.5 cm³/mol. The maximum atomic E-state index is 11.3. The maximum absolute atomic E-state index is 11.3. The third-order valence-corrected chi connectivity index (χ3v) is 3.11. The normalized spacial score (nSPS) is 36.3. The van der Waals surface area contributed by atoms with E-state index in [1.165, 1.54) is 6.42 Å². The molecular formula is C9H16N2O2. The summed E-state index contributed by atoms with van der Waals surface area (Å²) in [5.74, 6) is 0. The van der Waals surface area contributed by atoms with Crippen molar-refractivity contribution < 1.29 is 9.53 Å². The van der Waals surface area contributed by atoms with Crippen LogP contribution in [0.3, 0.4) is 0 Å². The first-order valence-electron chi connectivity index (χ1n) is 4.82. The van der Waals surface area contributed by atoms with Crippen LogP contribution in [0.15, 0.2) is 0 Å². The Morgan fingerprint density at radius 1 is 1.54 bits per heavy atom. The van der Waals surface area contributed by atoms with Gasteiger partial charge in [-0.1, -0.05) is 0 Å². The van der Waals surface area contributed by atoms with E-state index >= 15 is 0 Å². The van der Waals surface area contributed by atoms with Crippen molar-refractivity contribution in [3.63, 3.8) is 0 Å². The first-order chi connectivity index (χ1) is 6.22. The lowest BCUT2D eigenvalue weighted by Gasteiger charge is -2.28. The molecule has 2 amide bonds. The molecule has 2 bridgehead atoms. The fourth-order valence-electron chi connectivity index (χ4n) is 2.35. The standard InChI is InChI=1S/C9H16N2O2/c1-10-9(12)11(2)7-5-6-3-4-8(7)13-6/h6-8H,3-5H2,1-2H3,(H,10,12). The van der Waals surface area contributed by atoms with Gasteiger partial charge in [-0.2, -0.15) is 0 Å². The number of ether oxygens (including phenoxy) is 1. The molecule has 2 heterocycles. The highest BCUT2D eigenvalue weighted by Crippen LogP contribution is 2.36. The molecule has 2 rings (SSSR count). The average Bonchev–Trinajstić information content (AvgIpc) is 2.76. The van der Waals surface area contributed by atoms with Gasteiger partial charge in [-0.05, 0) is 19.3 Å². The van der Waals surface area contributed by atoms with Crippen molar-refractivity contribution >= 4 is 6.03 Å². The van der Waals surface area contributed by atoms with Crippen LogP contribution in [-0.4, -0.2) is 43.3 Å². The molecule has 3 unspecified atom stereocenters. The van der Waals surface area contributed by atoms with Crippen LogP contribution < -0.4 is 5.32 Å². The van der Waals surface area contributed by atoms with Gasteiger partial charge in [0.25, 0.3) is 0 Å². The van der Waals surface area contributed by atoms with E-state index in [2.05, 4.69) is 5.32 Å². The molecule has 1 N–H and O–H groups in total. The van der Waals surface area contributed by atoms with Crippen molar-refractivity contribution in [1.82, 2.24) is 10.2 Å². The van der Waals surface area contributed by atoms with Crippen molar-refractivity contribution in [2.45, 2.75) is 37.5 Å². The van der Waals surface area contributed by atoms with Crippen LogP contribution in [0.2, 0.25) is 0 Å². The summed E-state index contributed by atoms with van der Waals surface area (Å²) in [5.41, 5.74) is 0. The third kappa shape index (κ3) is 1.39. The number of likely N-dealkylation sites (N-methyl/N-ethyl adjacent to an activating group) is 1. The molecule has 2 aliphatic rings. The highest BCUT2D eigenvalue weighted by molar-refractivity contribution is 5.73. The first kappa shape index (κ1) is 8.81. The summed E-state index contributed by atoms with van der Waals surface area (Å²) in [5, 5.41) is 2.63. The molecule has 2 fully saturated rings. The zero-order valence-corrected chi connectivity index (χ0v) is 8.12. The van der Waals surface area contributed by atoms with Crippen LogP contribution in [-0.2, 0) is 4.74 Å². The zero-order valence-electron chi connectivity index (χ0n) is 8.12. The largest absolute Gasteiger partial charge is 0.373 e. The molecule has 0 aromatic heterocycles. The Hall–Kier alpha value is -0.770. The lowest BCUT2D eigenvalue weighted by Crippen LogP contribution is -2.46. The van der Waals surface area contributed by atoms with E-state index in [0.717, 1.165) is 12.8 Å². The fraction of sp³-hybridized carbons (Fsp3) is 0.889. The van der Waals surface area contributed by atoms with Crippen LogP contribution in [0, 0.1) is 0 Å². The van der Waals surface area contributed by atoms with Crippen molar-refractivity contribution in [3.05, 3.63) is 0 Å². The number of fused-ring (bicyclic) bond motifs is 2. The van der Waals surface area contributed by atoms with Gasteiger partial charge in [-0.25, -0.2) is 4.79 Å². The molecule has 13 heavy (non-hydrogen) atoms. The monoisotopic (exact) mass is 184 g/mol. The number of rotatable bonds is 1. The van der Waals surface area contributed by atoms with Crippen LogP contribution >= 0.6 is 0 Å². The Bertz CT molecular complexity index is 220. The van der Waals surface area contributed by atoms with E-state index < -0.39 is 0 Å². The molecule has 0 aromatic rings. The molecule has 0 saturated carbocycles. The summed E-state index contributed by atoms with van der Waals surface area (Å²) >= 11 is 0. The molecule has 4 nitrogen and oxygen atoms in total. The number of carbonyl (C=O) groups excluding carboxylic acids is 1. The number of urea groups is 1. The zero-order chi connectivity index (χ0) is 9.42. The van der Waals surface area contributed by atoms with Gasteiger partial charge in [-0.3, -0.25) is 0 Å². The predicted octanol–water partition coefficient (Wildman–Crippen LogP) is 0.577. The van der Waals surface area contributed by atoms with Crippen molar-refractivity contribution in [1.29, 1.82) is 0 Å². The maximum Gasteiger partial charge on any atom is 0.317 e. The van der Waals surface area contributed by atoms with Crippen LogP contribution in [0.25, 0.3) is 0 Å². The summed E-state index contributed by atoms with van der Waals surface area (Å²) in [4.78, 5) is 13.1. The van der Waals surface area contributed by atoms with Gasteiger partial charge < -0.3 is 15.0 Å². The van der Waals surface area contributed by atoms with E-state index in [1.54, 1.807) is 11.9 Å². The topological polar surface area (TPSA) is 41.6 Å². The second-order valence-electron chi connectivity index (χ2n) is 3.84. The summed E-state index contributed by atoms with van der Waals surface area (Å²) in [7, 11) is 3.50. The number of hydrogen-bond acceptors (Lipinski definition) is 2. The minimum Gasteiger partial charge on any atom is -0.373 e. The Morgan fingerprint density at radius 2 is 2.31 bits per heavy atom. The summed E-state index contributed by atoms with van der Waals surface area (Å²) in [6.07, 6.45) is 3.97. The molecule has 2 aliphatic heterocycles. The average molecular weight is 184 g/mol. The molecule has 0 aromatic carbocycles. The third-order valence-electron chi connectivity index (χ3n) is 3.11. The molecule has 2 saturated heterocycles. The van der Waals surface area contributed by atoms with Gasteiger partial charge in [0.15, 0.2) is 0 Å². The van der Waals surface area contributed by atoms with Gasteiger partial charge in [0.2, 0.25) is 0 Å². The van der Waals surface area contributed by atoms with Gasteiger partial charge in [-0.15, -0.1) is 0 Å². The highest BCUT2D eigenvalue weighted by Gasteiger charge is 2.43. The molecule has 3 atom stereocenters. The quantitative estimate of drug-likeness (QED) is 0.647. The second-order valence-corrected chi connectivity index (χ2v) is 3.84. The second kappa shape index (κ2) is 3.18. The molecule has 4 heteroatoms. The van der Waals surface area contributed by atoms with E-state index in [-0.39, 0.29) is 12.1 Å². The van der Waals surface area contributed by atoms with Crippen molar-refractivity contribution in [2.75, 3.05) is 14.1 Å². The Balaban J connectivity index is 1.98. The molecule has 74 valence electrons. The Labute approximate surface area is 78.2 Å². The van der Waals surface area contributed by atoms with Gasteiger partial charge >= 0.3 is 6.03 Å². The smallest absolute Gasteiger partial charge is 0.317 e. The van der Waals surface area contributed by atoms with Crippen molar-refractivity contribution in [3.8, 4) is 0 Å². The van der Waals surface area contributed by atoms with E-state index in [4.69, 9.17) is 4.74 Å².